The number of benzene rings is 1. The van der Waals surface area contributed by atoms with Crippen molar-refractivity contribution in [1.29, 1.82) is 0 Å². The molecule has 0 saturated heterocycles. The Morgan fingerprint density at radius 3 is 2.40 bits per heavy atom. The summed E-state index contributed by atoms with van der Waals surface area (Å²) in [6, 6.07) is 3.08. The molecule has 1 aromatic carbocycles. The molecule has 15 heavy (non-hydrogen) atoms. The summed E-state index contributed by atoms with van der Waals surface area (Å²) in [4.78, 5) is 0. The van der Waals surface area contributed by atoms with Gasteiger partial charge in [-0.15, -0.1) is 0 Å². The van der Waals surface area contributed by atoms with E-state index < -0.39 is 18.6 Å². The van der Waals surface area contributed by atoms with Crippen molar-refractivity contribution < 1.29 is 13.2 Å². The van der Waals surface area contributed by atoms with Crippen molar-refractivity contribution in [3.05, 3.63) is 33.8 Å². The molecule has 0 bridgehead atoms. The van der Waals surface area contributed by atoms with Crippen LogP contribution >= 0.6 is 23.2 Å². The van der Waals surface area contributed by atoms with Gasteiger partial charge >= 0.3 is 6.18 Å². The monoisotopic (exact) mass is 257 g/mol. The molecule has 0 spiro atoms. The van der Waals surface area contributed by atoms with Gasteiger partial charge in [-0.25, -0.2) is 0 Å². The van der Waals surface area contributed by atoms with E-state index in [4.69, 9.17) is 28.9 Å². The van der Waals surface area contributed by atoms with Crippen LogP contribution < -0.4 is 5.73 Å². The molecule has 0 saturated carbocycles. The molecule has 1 rings (SSSR count). The van der Waals surface area contributed by atoms with Crippen molar-refractivity contribution >= 4 is 23.2 Å². The molecule has 6 heteroatoms. The van der Waals surface area contributed by atoms with Crippen LogP contribution in [0, 0.1) is 0 Å². The van der Waals surface area contributed by atoms with Gasteiger partial charge in [0.15, 0.2) is 0 Å². The van der Waals surface area contributed by atoms with Crippen LogP contribution in [0.4, 0.5) is 13.2 Å². The van der Waals surface area contributed by atoms with Crippen LogP contribution in [0.2, 0.25) is 10.0 Å². The average Bonchev–Trinajstić information content (AvgIpc) is 2.06. The zero-order valence-corrected chi connectivity index (χ0v) is 9.00. The van der Waals surface area contributed by atoms with Crippen LogP contribution in [0.5, 0.6) is 0 Å². The topological polar surface area (TPSA) is 26.0 Å². The van der Waals surface area contributed by atoms with E-state index in [0.29, 0.717) is 5.02 Å². The number of alkyl halides is 3. The Morgan fingerprint density at radius 1 is 1.27 bits per heavy atom. The second kappa shape index (κ2) is 4.60. The average molecular weight is 258 g/mol. The molecule has 0 aromatic heterocycles. The molecule has 0 aliphatic carbocycles. The molecular weight excluding hydrogens is 250 g/mol. The lowest BCUT2D eigenvalue weighted by molar-refractivity contribution is -0.138. The third-order valence-electron chi connectivity index (χ3n) is 1.81. The van der Waals surface area contributed by atoms with E-state index in [2.05, 4.69) is 0 Å². The van der Waals surface area contributed by atoms with Crippen LogP contribution in [-0.2, 0) is 0 Å². The van der Waals surface area contributed by atoms with Gasteiger partial charge < -0.3 is 5.73 Å². The molecule has 0 radical (unpaired) electrons. The minimum atomic E-state index is -4.31. The Balaban J connectivity index is 2.90. The zero-order chi connectivity index (χ0) is 11.6. The molecule has 0 amide bonds. The quantitative estimate of drug-likeness (QED) is 0.853. The molecule has 2 N–H and O–H groups in total. The highest BCUT2D eigenvalue weighted by molar-refractivity contribution is 6.33. The van der Waals surface area contributed by atoms with Crippen LogP contribution in [0.3, 0.4) is 0 Å². The normalized spacial score (nSPS) is 14.0. The maximum Gasteiger partial charge on any atom is 0.390 e. The molecule has 0 fully saturated rings. The lowest BCUT2D eigenvalue weighted by atomic mass is 10.0. The maximum absolute atomic E-state index is 12.1. The number of nitrogens with two attached hydrogens (primary N) is 1. The minimum absolute atomic E-state index is 0.191. The van der Waals surface area contributed by atoms with Gasteiger partial charge in [0.25, 0.3) is 0 Å². The molecule has 1 atom stereocenters. The van der Waals surface area contributed by atoms with Gasteiger partial charge in [-0.2, -0.15) is 13.2 Å². The summed E-state index contributed by atoms with van der Waals surface area (Å²) in [6.07, 6.45) is -5.43. The highest BCUT2D eigenvalue weighted by Crippen LogP contribution is 2.32. The molecule has 1 unspecified atom stereocenters. The van der Waals surface area contributed by atoms with Crippen molar-refractivity contribution in [1.82, 2.24) is 0 Å². The second-order valence-corrected chi connectivity index (χ2v) is 3.94. The van der Waals surface area contributed by atoms with Gasteiger partial charge in [-0.3, -0.25) is 0 Å². The lowest BCUT2D eigenvalue weighted by Gasteiger charge is -2.15. The van der Waals surface area contributed by atoms with E-state index in [0.717, 1.165) is 0 Å². The fourth-order valence-electron chi connectivity index (χ4n) is 1.16. The SMILES string of the molecule is NC(CC(F)(F)F)c1cc(Cl)ccc1Cl. The Bertz CT molecular complexity index is 352. The summed E-state index contributed by atoms with van der Waals surface area (Å²) >= 11 is 11.4. The molecular formula is C9H8Cl2F3N. The van der Waals surface area contributed by atoms with Gasteiger partial charge in [0, 0.05) is 16.1 Å². The Labute approximate surface area is 95.0 Å². The first-order chi connectivity index (χ1) is 6.79. The van der Waals surface area contributed by atoms with Crippen molar-refractivity contribution in [2.75, 3.05) is 0 Å². The highest BCUT2D eigenvalue weighted by Gasteiger charge is 2.31. The fourth-order valence-corrected chi connectivity index (χ4v) is 1.60. The molecule has 0 aliphatic rings. The van der Waals surface area contributed by atoms with Crippen LogP contribution in [0.25, 0.3) is 0 Å². The third kappa shape index (κ3) is 3.89. The van der Waals surface area contributed by atoms with Crippen molar-refractivity contribution in [2.24, 2.45) is 5.73 Å². The number of hydrogen-bond donors (Lipinski definition) is 1. The van der Waals surface area contributed by atoms with Gasteiger partial charge in [-0.1, -0.05) is 23.2 Å². The summed E-state index contributed by atoms with van der Waals surface area (Å²) in [7, 11) is 0. The van der Waals surface area contributed by atoms with E-state index in [-0.39, 0.29) is 10.6 Å². The van der Waals surface area contributed by atoms with E-state index >= 15 is 0 Å². The van der Waals surface area contributed by atoms with Crippen molar-refractivity contribution in [2.45, 2.75) is 18.6 Å². The van der Waals surface area contributed by atoms with Crippen molar-refractivity contribution in [3.8, 4) is 0 Å². The highest BCUT2D eigenvalue weighted by atomic mass is 35.5. The zero-order valence-electron chi connectivity index (χ0n) is 7.48. The Kier molecular flexibility index (Phi) is 3.87. The smallest absolute Gasteiger partial charge is 0.324 e. The number of halogens is 5. The third-order valence-corrected chi connectivity index (χ3v) is 2.39. The predicted molar refractivity (Wildman–Crippen MR) is 54.1 cm³/mol. The lowest BCUT2D eigenvalue weighted by Crippen LogP contribution is -2.20. The summed E-state index contributed by atoms with van der Waals surface area (Å²) in [5.74, 6) is 0. The Hall–Kier alpha value is -0.450. The first kappa shape index (κ1) is 12.6. The van der Waals surface area contributed by atoms with E-state index in [1.165, 1.54) is 18.2 Å². The van der Waals surface area contributed by atoms with Crippen LogP contribution in [0.15, 0.2) is 18.2 Å². The first-order valence-electron chi connectivity index (χ1n) is 4.07. The molecule has 84 valence electrons. The maximum atomic E-state index is 12.1. The van der Waals surface area contributed by atoms with Crippen LogP contribution in [0.1, 0.15) is 18.0 Å². The van der Waals surface area contributed by atoms with Gasteiger partial charge in [-0.05, 0) is 23.8 Å². The summed E-state index contributed by atoms with van der Waals surface area (Å²) in [6.45, 7) is 0. The molecule has 0 aliphatic heterocycles. The van der Waals surface area contributed by atoms with Gasteiger partial charge in [0.2, 0.25) is 0 Å². The van der Waals surface area contributed by atoms with E-state index in [1.54, 1.807) is 0 Å². The first-order valence-corrected chi connectivity index (χ1v) is 4.82. The summed E-state index contributed by atoms with van der Waals surface area (Å²) in [5.41, 5.74) is 5.60. The fraction of sp³-hybridized carbons (Fsp3) is 0.333. The second-order valence-electron chi connectivity index (χ2n) is 3.09. The number of hydrogen-bond acceptors (Lipinski definition) is 1. The molecule has 1 nitrogen and oxygen atoms in total. The van der Waals surface area contributed by atoms with Gasteiger partial charge in [0.05, 0.1) is 6.42 Å². The summed E-state index contributed by atoms with van der Waals surface area (Å²) < 4.78 is 36.2. The van der Waals surface area contributed by atoms with Crippen molar-refractivity contribution in [3.63, 3.8) is 0 Å². The predicted octanol–water partition coefficient (Wildman–Crippen LogP) is 3.95. The largest absolute Gasteiger partial charge is 0.390 e. The van der Waals surface area contributed by atoms with Gasteiger partial charge in [0.1, 0.15) is 0 Å². The molecule has 0 heterocycles. The minimum Gasteiger partial charge on any atom is -0.324 e. The standard InChI is InChI=1S/C9H8Cl2F3N/c10-5-1-2-7(11)6(3-5)8(15)4-9(12,13)14/h1-3,8H,4,15H2. The van der Waals surface area contributed by atoms with E-state index in [1.807, 2.05) is 0 Å². The summed E-state index contributed by atoms with van der Waals surface area (Å²) in [5, 5.41) is 0.503. The van der Waals surface area contributed by atoms with E-state index in [9.17, 15) is 13.2 Å². The molecule has 1 aromatic rings. The Morgan fingerprint density at radius 2 is 1.87 bits per heavy atom. The number of rotatable bonds is 2. The van der Waals surface area contributed by atoms with Crippen LogP contribution in [-0.4, -0.2) is 6.18 Å².